The van der Waals surface area contributed by atoms with Gasteiger partial charge in [-0.15, -0.1) is 0 Å². The number of aromatic nitrogens is 2. The highest BCUT2D eigenvalue weighted by Crippen LogP contribution is 2.37. The first-order chi connectivity index (χ1) is 15.8. The SMILES string of the molecule is CC(O)C(Oc1cccc2[nH]ccc12)N1CCC(c2c[nH]c3cc(C(F)(F)F)ccc23)CC1. The van der Waals surface area contributed by atoms with Crippen LogP contribution in [-0.2, 0) is 6.18 Å². The van der Waals surface area contributed by atoms with Crippen molar-refractivity contribution < 1.29 is 23.0 Å². The molecule has 1 fully saturated rings. The summed E-state index contributed by atoms with van der Waals surface area (Å²) in [5, 5.41) is 12.3. The predicted molar refractivity (Wildman–Crippen MR) is 121 cm³/mol. The van der Waals surface area contributed by atoms with Crippen molar-refractivity contribution in [2.45, 2.75) is 44.2 Å². The van der Waals surface area contributed by atoms with E-state index in [1.54, 1.807) is 13.0 Å². The molecule has 174 valence electrons. The number of piperidine rings is 1. The van der Waals surface area contributed by atoms with E-state index in [1.807, 2.05) is 36.7 Å². The molecule has 8 heteroatoms. The number of benzene rings is 2. The summed E-state index contributed by atoms with van der Waals surface area (Å²) in [6, 6.07) is 11.6. The summed E-state index contributed by atoms with van der Waals surface area (Å²) in [4.78, 5) is 8.33. The van der Waals surface area contributed by atoms with Crippen LogP contribution < -0.4 is 4.74 Å². The molecule has 5 nitrogen and oxygen atoms in total. The molecule has 0 bridgehead atoms. The number of hydrogen-bond donors (Lipinski definition) is 3. The zero-order valence-corrected chi connectivity index (χ0v) is 18.2. The summed E-state index contributed by atoms with van der Waals surface area (Å²) in [6.07, 6.45) is -0.178. The number of likely N-dealkylation sites (tertiary alicyclic amines) is 1. The van der Waals surface area contributed by atoms with Crippen LogP contribution in [0.25, 0.3) is 21.8 Å². The highest BCUT2D eigenvalue weighted by molar-refractivity contribution is 5.86. The first kappa shape index (κ1) is 21.9. The molecule has 2 unspecified atom stereocenters. The number of aliphatic hydroxyl groups excluding tert-OH is 1. The Labute approximate surface area is 189 Å². The van der Waals surface area contributed by atoms with E-state index < -0.39 is 24.1 Å². The van der Waals surface area contributed by atoms with Gasteiger partial charge in [-0.05, 0) is 61.6 Å². The predicted octanol–water partition coefficient (Wildman–Crippen LogP) is 5.63. The molecule has 0 saturated carbocycles. The quantitative estimate of drug-likeness (QED) is 0.364. The van der Waals surface area contributed by atoms with E-state index in [2.05, 4.69) is 14.9 Å². The fourth-order valence-corrected chi connectivity index (χ4v) is 4.90. The minimum atomic E-state index is -4.36. The van der Waals surface area contributed by atoms with Crippen LogP contribution in [0, 0.1) is 0 Å². The number of aliphatic hydroxyl groups is 1. The highest BCUT2D eigenvalue weighted by Gasteiger charge is 2.33. The molecule has 3 heterocycles. The van der Waals surface area contributed by atoms with E-state index in [1.165, 1.54) is 6.07 Å². The van der Waals surface area contributed by atoms with Gasteiger partial charge in [0.05, 0.1) is 5.56 Å². The van der Waals surface area contributed by atoms with Crippen molar-refractivity contribution >= 4 is 21.8 Å². The zero-order chi connectivity index (χ0) is 23.2. The maximum atomic E-state index is 13.0. The lowest BCUT2D eigenvalue weighted by atomic mass is 9.88. The number of ether oxygens (including phenoxy) is 1. The van der Waals surface area contributed by atoms with Crippen LogP contribution in [-0.4, -0.2) is 45.4 Å². The summed E-state index contributed by atoms with van der Waals surface area (Å²) in [7, 11) is 0. The number of aromatic amines is 2. The third-order valence-electron chi connectivity index (χ3n) is 6.59. The molecule has 5 rings (SSSR count). The van der Waals surface area contributed by atoms with Crippen molar-refractivity contribution in [3.05, 3.63) is 66.0 Å². The van der Waals surface area contributed by atoms with Crippen LogP contribution in [0.15, 0.2) is 54.9 Å². The second-order valence-electron chi connectivity index (χ2n) is 8.76. The number of rotatable bonds is 5. The molecule has 2 aromatic carbocycles. The molecule has 0 radical (unpaired) electrons. The summed E-state index contributed by atoms with van der Waals surface area (Å²) < 4.78 is 45.4. The summed E-state index contributed by atoms with van der Waals surface area (Å²) in [5.41, 5.74) is 1.88. The first-order valence-corrected chi connectivity index (χ1v) is 11.1. The van der Waals surface area contributed by atoms with E-state index in [4.69, 9.17) is 4.74 Å². The molecule has 2 aromatic heterocycles. The lowest BCUT2D eigenvalue weighted by Gasteiger charge is -2.38. The van der Waals surface area contributed by atoms with E-state index in [-0.39, 0.29) is 5.92 Å². The van der Waals surface area contributed by atoms with Crippen LogP contribution in [0.4, 0.5) is 13.2 Å². The minimum absolute atomic E-state index is 0.231. The van der Waals surface area contributed by atoms with E-state index in [0.29, 0.717) is 5.52 Å². The molecule has 1 aliphatic heterocycles. The summed E-state index contributed by atoms with van der Waals surface area (Å²) >= 11 is 0. The summed E-state index contributed by atoms with van der Waals surface area (Å²) in [6.45, 7) is 3.17. The maximum Gasteiger partial charge on any atom is 0.416 e. The van der Waals surface area contributed by atoms with Crippen LogP contribution >= 0.6 is 0 Å². The Balaban J connectivity index is 1.31. The first-order valence-electron chi connectivity index (χ1n) is 11.1. The molecular weight excluding hydrogens is 431 g/mol. The number of fused-ring (bicyclic) bond motifs is 2. The van der Waals surface area contributed by atoms with Crippen molar-refractivity contribution in [2.75, 3.05) is 13.1 Å². The fourth-order valence-electron chi connectivity index (χ4n) is 4.90. The Hall–Kier alpha value is -2.97. The standard InChI is InChI=1S/C25H26F3N3O2/c1-15(32)24(33-23-4-2-3-21-19(23)7-10-29-21)31-11-8-16(9-12-31)20-14-30-22-13-17(25(26,27)28)5-6-18(20)22/h2-7,10,13-16,24,29-30,32H,8-9,11-12H2,1H3. The topological polar surface area (TPSA) is 64.3 Å². The van der Waals surface area contributed by atoms with Gasteiger partial charge >= 0.3 is 6.18 Å². The van der Waals surface area contributed by atoms with Crippen molar-refractivity contribution in [2.24, 2.45) is 0 Å². The van der Waals surface area contributed by atoms with Gasteiger partial charge in [-0.1, -0.05) is 12.1 Å². The Morgan fingerprint density at radius 2 is 1.82 bits per heavy atom. The number of halogens is 3. The second kappa shape index (κ2) is 8.43. The third kappa shape index (κ3) is 4.20. The van der Waals surface area contributed by atoms with Crippen molar-refractivity contribution in [3.63, 3.8) is 0 Å². The van der Waals surface area contributed by atoms with Crippen LogP contribution in [0.2, 0.25) is 0 Å². The average Bonchev–Trinajstić information content (AvgIpc) is 3.44. The molecular formula is C25H26F3N3O2. The van der Waals surface area contributed by atoms with Crippen LogP contribution in [0.1, 0.15) is 36.8 Å². The molecule has 4 aromatic rings. The molecule has 3 N–H and O–H groups in total. The van der Waals surface area contributed by atoms with Gasteiger partial charge in [0, 0.05) is 47.3 Å². The Bertz CT molecular complexity index is 1250. The number of nitrogens with zero attached hydrogens (tertiary/aromatic N) is 1. The van der Waals surface area contributed by atoms with Crippen molar-refractivity contribution in [1.29, 1.82) is 0 Å². The maximum absolute atomic E-state index is 13.0. The minimum Gasteiger partial charge on any atom is -0.472 e. The van der Waals surface area contributed by atoms with Gasteiger partial charge in [-0.25, -0.2) is 0 Å². The van der Waals surface area contributed by atoms with Gasteiger partial charge in [0.1, 0.15) is 11.9 Å². The number of hydrogen-bond acceptors (Lipinski definition) is 3. The van der Waals surface area contributed by atoms with Gasteiger partial charge in [-0.2, -0.15) is 13.2 Å². The van der Waals surface area contributed by atoms with Gasteiger partial charge in [0.15, 0.2) is 6.23 Å². The number of H-pyrrole nitrogens is 2. The Morgan fingerprint density at radius 3 is 2.55 bits per heavy atom. The average molecular weight is 457 g/mol. The summed E-state index contributed by atoms with van der Waals surface area (Å²) in [5.74, 6) is 0.952. The van der Waals surface area contributed by atoms with Gasteiger partial charge in [0.25, 0.3) is 0 Å². The van der Waals surface area contributed by atoms with E-state index in [0.717, 1.165) is 59.6 Å². The molecule has 1 saturated heterocycles. The van der Waals surface area contributed by atoms with E-state index >= 15 is 0 Å². The lowest BCUT2D eigenvalue weighted by molar-refractivity contribution is -0.137. The molecule has 2 atom stereocenters. The highest BCUT2D eigenvalue weighted by atomic mass is 19.4. The lowest BCUT2D eigenvalue weighted by Crippen LogP contribution is -2.49. The monoisotopic (exact) mass is 457 g/mol. The molecule has 33 heavy (non-hydrogen) atoms. The third-order valence-corrected chi connectivity index (χ3v) is 6.59. The normalized spacial score (nSPS) is 18.1. The van der Waals surface area contributed by atoms with Gasteiger partial charge < -0.3 is 19.8 Å². The number of nitrogens with one attached hydrogen (secondary N) is 2. The Morgan fingerprint density at radius 1 is 1.03 bits per heavy atom. The van der Waals surface area contributed by atoms with Gasteiger partial charge in [-0.3, -0.25) is 4.90 Å². The van der Waals surface area contributed by atoms with Crippen molar-refractivity contribution in [3.8, 4) is 5.75 Å². The zero-order valence-electron chi connectivity index (χ0n) is 18.2. The number of alkyl halides is 3. The van der Waals surface area contributed by atoms with Crippen LogP contribution in [0.5, 0.6) is 5.75 Å². The van der Waals surface area contributed by atoms with Crippen LogP contribution in [0.3, 0.4) is 0 Å². The molecule has 0 amide bonds. The second-order valence-corrected chi connectivity index (χ2v) is 8.76. The van der Waals surface area contributed by atoms with Gasteiger partial charge in [0.2, 0.25) is 0 Å². The molecule has 1 aliphatic rings. The fraction of sp³-hybridized carbons (Fsp3) is 0.360. The molecule has 0 spiro atoms. The van der Waals surface area contributed by atoms with Crippen molar-refractivity contribution in [1.82, 2.24) is 14.9 Å². The molecule has 0 aliphatic carbocycles. The Kier molecular flexibility index (Phi) is 5.58. The smallest absolute Gasteiger partial charge is 0.416 e. The van der Waals surface area contributed by atoms with E-state index in [9.17, 15) is 18.3 Å². The largest absolute Gasteiger partial charge is 0.472 e.